The van der Waals surface area contributed by atoms with Gasteiger partial charge in [0.1, 0.15) is 11.0 Å². The molecule has 0 bridgehead atoms. The zero-order valence-electron chi connectivity index (χ0n) is 18.2. The van der Waals surface area contributed by atoms with Gasteiger partial charge in [0.25, 0.3) is 0 Å². The molecule has 32 heavy (non-hydrogen) atoms. The van der Waals surface area contributed by atoms with E-state index in [1.165, 1.54) is 0 Å². The lowest BCUT2D eigenvalue weighted by molar-refractivity contribution is -0.142. The predicted molar refractivity (Wildman–Crippen MR) is 114 cm³/mol. The SMILES string of the molecule is CC1(C(=O)N2CCc3c(cc(C(F)(F)F)cc3S(N)=O)C2)CCC(NC2CCOCC2)C1. The molecule has 3 aliphatic rings. The van der Waals surface area contributed by atoms with Crippen molar-refractivity contribution in [3.05, 3.63) is 28.8 Å². The van der Waals surface area contributed by atoms with Gasteiger partial charge in [-0.05, 0) is 61.8 Å². The number of carbonyl (C=O) groups is 1. The molecule has 3 unspecified atom stereocenters. The quantitative estimate of drug-likeness (QED) is 0.704. The summed E-state index contributed by atoms with van der Waals surface area (Å²) < 4.78 is 57.4. The topological polar surface area (TPSA) is 84.7 Å². The minimum absolute atomic E-state index is 0.00901. The normalized spacial score (nSPS) is 27.9. The minimum Gasteiger partial charge on any atom is -0.381 e. The summed E-state index contributed by atoms with van der Waals surface area (Å²) in [6, 6.07) is 2.60. The molecule has 1 aliphatic carbocycles. The lowest BCUT2D eigenvalue weighted by atomic mass is 9.85. The van der Waals surface area contributed by atoms with Crippen LogP contribution in [0.2, 0.25) is 0 Å². The van der Waals surface area contributed by atoms with Crippen LogP contribution in [-0.2, 0) is 39.7 Å². The Morgan fingerprint density at radius 2 is 1.97 bits per heavy atom. The van der Waals surface area contributed by atoms with Gasteiger partial charge in [-0.3, -0.25) is 4.79 Å². The van der Waals surface area contributed by atoms with Gasteiger partial charge in [0, 0.05) is 43.8 Å². The first-order valence-electron chi connectivity index (χ1n) is 11.1. The Morgan fingerprint density at radius 3 is 2.62 bits per heavy atom. The molecule has 0 aromatic heterocycles. The lowest BCUT2D eigenvalue weighted by Crippen LogP contribution is -2.45. The molecule has 1 aromatic rings. The van der Waals surface area contributed by atoms with Gasteiger partial charge in [-0.1, -0.05) is 6.92 Å². The van der Waals surface area contributed by atoms with Crippen molar-refractivity contribution in [3.8, 4) is 0 Å². The summed E-state index contributed by atoms with van der Waals surface area (Å²) in [5.41, 5.74) is -0.473. The van der Waals surface area contributed by atoms with E-state index in [1.54, 1.807) is 4.90 Å². The maximum Gasteiger partial charge on any atom is 0.416 e. The summed E-state index contributed by atoms with van der Waals surface area (Å²) in [6.07, 6.45) is 0.0721. The van der Waals surface area contributed by atoms with Crippen LogP contribution in [0.15, 0.2) is 17.0 Å². The predicted octanol–water partition coefficient (Wildman–Crippen LogP) is 2.90. The minimum atomic E-state index is -4.57. The van der Waals surface area contributed by atoms with E-state index in [9.17, 15) is 22.2 Å². The fourth-order valence-electron chi connectivity index (χ4n) is 5.33. The number of benzene rings is 1. The summed E-state index contributed by atoms with van der Waals surface area (Å²) in [4.78, 5) is 15.1. The maximum absolute atomic E-state index is 13.4. The van der Waals surface area contributed by atoms with E-state index in [-0.39, 0.29) is 23.4 Å². The van der Waals surface area contributed by atoms with E-state index < -0.39 is 28.1 Å². The smallest absolute Gasteiger partial charge is 0.381 e. The zero-order valence-corrected chi connectivity index (χ0v) is 19.0. The van der Waals surface area contributed by atoms with Crippen LogP contribution in [0.1, 0.15) is 55.7 Å². The van der Waals surface area contributed by atoms with Crippen molar-refractivity contribution in [1.29, 1.82) is 0 Å². The van der Waals surface area contributed by atoms with Gasteiger partial charge in [0.05, 0.1) is 10.5 Å². The second-order valence-electron chi connectivity index (χ2n) is 9.44. The molecule has 1 saturated carbocycles. The van der Waals surface area contributed by atoms with Gasteiger partial charge in [-0.25, -0.2) is 9.35 Å². The Hall–Kier alpha value is -1.49. The van der Waals surface area contributed by atoms with Crippen molar-refractivity contribution in [2.75, 3.05) is 19.8 Å². The Morgan fingerprint density at radius 1 is 1.25 bits per heavy atom. The van der Waals surface area contributed by atoms with Gasteiger partial charge in [-0.2, -0.15) is 13.2 Å². The van der Waals surface area contributed by atoms with Crippen molar-refractivity contribution >= 4 is 16.9 Å². The highest BCUT2D eigenvalue weighted by atomic mass is 32.2. The second kappa shape index (κ2) is 9.04. The summed E-state index contributed by atoms with van der Waals surface area (Å²) in [7, 11) is -2.03. The van der Waals surface area contributed by atoms with E-state index in [4.69, 9.17) is 9.88 Å². The number of hydrogen-bond donors (Lipinski definition) is 2. The number of amides is 1. The number of hydrogen-bond acceptors (Lipinski definition) is 4. The van der Waals surface area contributed by atoms with Crippen LogP contribution in [0.5, 0.6) is 0 Å². The summed E-state index contributed by atoms with van der Waals surface area (Å²) in [5, 5.41) is 9.13. The van der Waals surface area contributed by atoms with Crippen LogP contribution in [0.4, 0.5) is 13.2 Å². The number of ether oxygens (including phenoxy) is 1. The monoisotopic (exact) mass is 473 g/mol. The second-order valence-corrected chi connectivity index (χ2v) is 10.5. The highest BCUT2D eigenvalue weighted by Gasteiger charge is 2.44. The van der Waals surface area contributed by atoms with E-state index in [2.05, 4.69) is 5.32 Å². The molecule has 1 aromatic carbocycles. The molecule has 178 valence electrons. The molecule has 1 amide bonds. The first-order valence-corrected chi connectivity index (χ1v) is 12.3. The lowest BCUT2D eigenvalue weighted by Gasteiger charge is -2.36. The third-order valence-electron chi connectivity index (χ3n) is 7.08. The molecular weight excluding hydrogens is 443 g/mol. The van der Waals surface area contributed by atoms with E-state index in [1.807, 2.05) is 6.92 Å². The molecule has 3 N–H and O–H groups in total. The summed E-state index contributed by atoms with van der Waals surface area (Å²) in [6.45, 7) is 3.93. The fourth-order valence-corrected chi connectivity index (χ4v) is 6.05. The zero-order chi connectivity index (χ0) is 23.1. The molecule has 0 spiro atoms. The van der Waals surface area contributed by atoms with Crippen molar-refractivity contribution in [2.45, 2.75) is 75.1 Å². The van der Waals surface area contributed by atoms with Crippen molar-refractivity contribution in [3.63, 3.8) is 0 Å². The summed E-state index contributed by atoms with van der Waals surface area (Å²) in [5.74, 6) is -0.0211. The molecule has 3 atom stereocenters. The van der Waals surface area contributed by atoms with Crippen molar-refractivity contribution in [1.82, 2.24) is 10.2 Å². The van der Waals surface area contributed by atoms with Crippen LogP contribution >= 0.6 is 0 Å². The van der Waals surface area contributed by atoms with Crippen LogP contribution in [-0.4, -0.2) is 46.9 Å². The van der Waals surface area contributed by atoms with Gasteiger partial charge < -0.3 is 15.0 Å². The first kappa shape index (κ1) is 23.7. The number of nitrogens with one attached hydrogen (secondary N) is 1. The number of fused-ring (bicyclic) bond motifs is 1. The Kier molecular flexibility index (Phi) is 6.68. The fraction of sp³-hybridized carbons (Fsp3) is 0.682. The average Bonchev–Trinajstić information content (AvgIpc) is 3.13. The highest BCUT2D eigenvalue weighted by Crippen LogP contribution is 2.41. The van der Waals surface area contributed by atoms with E-state index in [0.29, 0.717) is 36.6 Å². The third kappa shape index (κ3) is 4.88. The molecule has 2 heterocycles. The van der Waals surface area contributed by atoms with Crippen LogP contribution in [0.3, 0.4) is 0 Å². The largest absolute Gasteiger partial charge is 0.416 e. The standard InChI is InChI=1S/C22H30F3N3O3S/c1-21(6-2-17(12-21)27-16-4-8-31-9-5-16)20(29)28-7-3-18-14(13-28)10-15(22(23,24)25)11-19(18)32(26)30/h10-11,16-17,27H,2-9,12-13,26H2,1H3. The Balaban J connectivity index is 1.48. The molecule has 4 rings (SSSR count). The average molecular weight is 474 g/mol. The first-order chi connectivity index (χ1) is 15.1. The third-order valence-corrected chi connectivity index (χ3v) is 7.87. The molecule has 10 heteroatoms. The van der Waals surface area contributed by atoms with Crippen molar-refractivity contribution < 1.29 is 26.9 Å². The molecule has 2 aliphatic heterocycles. The van der Waals surface area contributed by atoms with Gasteiger partial charge in [-0.15, -0.1) is 0 Å². The van der Waals surface area contributed by atoms with E-state index >= 15 is 0 Å². The molecular formula is C22H30F3N3O3S. The number of alkyl halides is 3. The van der Waals surface area contributed by atoms with Gasteiger partial charge in [0.2, 0.25) is 5.91 Å². The molecule has 2 fully saturated rings. The summed E-state index contributed by atoms with van der Waals surface area (Å²) >= 11 is 0. The Bertz CT molecular complexity index is 904. The van der Waals surface area contributed by atoms with Crippen molar-refractivity contribution in [2.24, 2.45) is 10.6 Å². The molecule has 6 nitrogen and oxygen atoms in total. The van der Waals surface area contributed by atoms with Gasteiger partial charge >= 0.3 is 6.18 Å². The number of nitrogens with zero attached hydrogens (tertiary/aromatic N) is 1. The van der Waals surface area contributed by atoms with Crippen LogP contribution < -0.4 is 10.5 Å². The van der Waals surface area contributed by atoms with Crippen LogP contribution in [0, 0.1) is 5.41 Å². The number of carbonyl (C=O) groups excluding carboxylic acids is 1. The molecule has 1 saturated heterocycles. The van der Waals surface area contributed by atoms with E-state index in [0.717, 1.165) is 51.0 Å². The number of halogens is 3. The number of nitrogens with two attached hydrogens (primary N) is 1. The molecule has 0 radical (unpaired) electrons. The maximum atomic E-state index is 13.4. The van der Waals surface area contributed by atoms with Crippen LogP contribution in [0.25, 0.3) is 0 Å². The number of rotatable bonds is 4. The Labute approximate surface area is 188 Å². The van der Waals surface area contributed by atoms with Gasteiger partial charge in [0.15, 0.2) is 0 Å². The highest BCUT2D eigenvalue weighted by molar-refractivity contribution is 7.82.